The molecule has 5 nitrogen and oxygen atoms in total. The van der Waals surface area contributed by atoms with Crippen molar-refractivity contribution in [2.24, 2.45) is 0 Å². The predicted molar refractivity (Wildman–Crippen MR) is 91.4 cm³/mol. The van der Waals surface area contributed by atoms with Crippen LogP contribution in [0.3, 0.4) is 0 Å². The van der Waals surface area contributed by atoms with E-state index >= 15 is 0 Å². The highest BCUT2D eigenvalue weighted by atomic mass is 79.9. The van der Waals surface area contributed by atoms with Crippen molar-refractivity contribution in [3.8, 4) is 5.75 Å². The van der Waals surface area contributed by atoms with Crippen LogP contribution < -0.4 is 4.74 Å². The molecule has 0 aliphatic carbocycles. The molecule has 0 bridgehead atoms. The van der Waals surface area contributed by atoms with Gasteiger partial charge in [-0.05, 0) is 58.4 Å². The van der Waals surface area contributed by atoms with Gasteiger partial charge in [-0.1, -0.05) is 11.6 Å². The molecule has 0 fully saturated rings. The van der Waals surface area contributed by atoms with Crippen LogP contribution in [0.4, 0.5) is 0 Å². The zero-order valence-corrected chi connectivity index (χ0v) is 15.4. The molecule has 23 heavy (non-hydrogen) atoms. The van der Waals surface area contributed by atoms with E-state index in [0.29, 0.717) is 15.2 Å². The molecule has 0 atom stereocenters. The molecule has 2 aromatic carbocycles. The second-order valence-corrected chi connectivity index (χ2v) is 8.19. The minimum atomic E-state index is -3.68. The van der Waals surface area contributed by atoms with Gasteiger partial charge in [0.1, 0.15) is 5.75 Å². The predicted octanol–water partition coefficient (Wildman–Crippen LogP) is 3.57. The fourth-order valence-corrected chi connectivity index (χ4v) is 3.66. The van der Waals surface area contributed by atoms with Crippen molar-refractivity contribution in [3.05, 3.63) is 57.5 Å². The van der Waals surface area contributed by atoms with Gasteiger partial charge in [-0.15, -0.1) is 0 Å². The van der Waals surface area contributed by atoms with Crippen LogP contribution in [-0.2, 0) is 10.0 Å². The van der Waals surface area contributed by atoms with Crippen molar-refractivity contribution in [1.82, 2.24) is 4.31 Å². The first-order valence-corrected chi connectivity index (χ1v) is 9.03. The van der Waals surface area contributed by atoms with Crippen molar-refractivity contribution in [2.75, 3.05) is 14.1 Å². The quantitative estimate of drug-likeness (QED) is 0.562. The molecule has 0 radical (unpaired) electrons. The molecule has 122 valence electrons. The standard InChI is InChI=1S/C15H13BrClNO4S/c1-18(2)23(20,21)14-9-10(3-8-13(14)16)15(19)22-12-6-4-11(17)5-7-12/h3-9H,1-2H3. The van der Waals surface area contributed by atoms with Crippen molar-refractivity contribution >= 4 is 43.5 Å². The molecule has 0 spiro atoms. The van der Waals surface area contributed by atoms with Crippen LogP contribution in [-0.4, -0.2) is 32.8 Å². The second kappa shape index (κ2) is 7.00. The summed E-state index contributed by atoms with van der Waals surface area (Å²) in [5.74, 6) is -0.339. The van der Waals surface area contributed by atoms with Gasteiger partial charge in [0, 0.05) is 23.6 Å². The lowest BCUT2D eigenvalue weighted by Gasteiger charge is -2.13. The van der Waals surface area contributed by atoms with Crippen LogP contribution in [0.5, 0.6) is 5.75 Å². The van der Waals surface area contributed by atoms with Gasteiger partial charge in [-0.3, -0.25) is 0 Å². The lowest BCUT2D eigenvalue weighted by molar-refractivity contribution is 0.0734. The van der Waals surface area contributed by atoms with Gasteiger partial charge < -0.3 is 4.74 Å². The number of benzene rings is 2. The van der Waals surface area contributed by atoms with E-state index in [9.17, 15) is 13.2 Å². The van der Waals surface area contributed by atoms with Gasteiger partial charge in [-0.2, -0.15) is 0 Å². The molecule has 0 heterocycles. The van der Waals surface area contributed by atoms with Gasteiger partial charge in [0.05, 0.1) is 10.5 Å². The number of esters is 1. The summed E-state index contributed by atoms with van der Waals surface area (Å²) in [7, 11) is -0.847. The first kappa shape index (κ1) is 17.9. The molecule has 8 heteroatoms. The van der Waals surface area contributed by atoms with Crippen LogP contribution in [0.2, 0.25) is 5.02 Å². The average Bonchev–Trinajstić information content (AvgIpc) is 2.49. The van der Waals surface area contributed by atoms with E-state index in [1.807, 2.05) is 0 Å². The SMILES string of the molecule is CN(C)S(=O)(=O)c1cc(C(=O)Oc2ccc(Cl)cc2)ccc1Br. The summed E-state index contributed by atoms with van der Waals surface area (Å²) in [4.78, 5) is 12.2. The Hall–Kier alpha value is -1.41. The van der Waals surface area contributed by atoms with E-state index in [-0.39, 0.29) is 10.5 Å². The maximum Gasteiger partial charge on any atom is 0.343 e. The van der Waals surface area contributed by atoms with Crippen molar-refractivity contribution < 1.29 is 17.9 Å². The van der Waals surface area contributed by atoms with E-state index in [1.165, 1.54) is 32.3 Å². The molecule has 0 aliphatic rings. The zero-order valence-electron chi connectivity index (χ0n) is 12.3. The first-order chi connectivity index (χ1) is 10.7. The van der Waals surface area contributed by atoms with Gasteiger partial charge >= 0.3 is 5.97 Å². The lowest BCUT2D eigenvalue weighted by atomic mass is 10.2. The van der Waals surface area contributed by atoms with E-state index in [2.05, 4.69) is 15.9 Å². The topological polar surface area (TPSA) is 63.7 Å². The Bertz CT molecular complexity index is 835. The number of ether oxygens (including phenoxy) is 1. The van der Waals surface area contributed by atoms with Crippen molar-refractivity contribution in [3.63, 3.8) is 0 Å². The summed E-state index contributed by atoms with van der Waals surface area (Å²) in [5.41, 5.74) is 0.128. The Labute approximate surface area is 148 Å². The number of carbonyl (C=O) groups is 1. The Balaban J connectivity index is 2.33. The highest BCUT2D eigenvalue weighted by Gasteiger charge is 2.22. The van der Waals surface area contributed by atoms with E-state index in [1.54, 1.807) is 24.3 Å². The molecule has 0 aromatic heterocycles. The molecular formula is C15H13BrClNO4S. The summed E-state index contributed by atoms with van der Waals surface area (Å²) in [6.07, 6.45) is 0. The first-order valence-electron chi connectivity index (χ1n) is 6.41. The molecule has 2 aromatic rings. The molecule has 0 aliphatic heterocycles. The monoisotopic (exact) mass is 417 g/mol. The highest BCUT2D eigenvalue weighted by molar-refractivity contribution is 9.10. The Kier molecular flexibility index (Phi) is 5.46. The molecule has 0 saturated carbocycles. The Morgan fingerprint density at radius 2 is 1.74 bits per heavy atom. The molecular weight excluding hydrogens is 406 g/mol. The number of nitrogens with zero attached hydrogens (tertiary/aromatic N) is 1. The highest BCUT2D eigenvalue weighted by Crippen LogP contribution is 2.26. The molecule has 0 unspecified atom stereocenters. The third-order valence-corrected chi connectivity index (χ3v) is 6.01. The maximum absolute atomic E-state index is 12.3. The van der Waals surface area contributed by atoms with Crippen LogP contribution in [0, 0.1) is 0 Å². The number of hydrogen-bond donors (Lipinski definition) is 0. The molecule has 0 N–H and O–H groups in total. The van der Waals surface area contributed by atoms with Crippen LogP contribution in [0.1, 0.15) is 10.4 Å². The Morgan fingerprint density at radius 1 is 1.13 bits per heavy atom. The molecule has 2 rings (SSSR count). The number of carbonyl (C=O) groups excluding carboxylic acids is 1. The third-order valence-electron chi connectivity index (χ3n) is 2.95. The molecule has 0 saturated heterocycles. The number of hydrogen-bond acceptors (Lipinski definition) is 4. The number of sulfonamides is 1. The summed E-state index contributed by atoms with van der Waals surface area (Å²) < 4.78 is 31.1. The van der Waals surface area contributed by atoms with Crippen LogP contribution in [0.25, 0.3) is 0 Å². The average molecular weight is 419 g/mol. The normalized spacial score (nSPS) is 11.5. The van der Waals surface area contributed by atoms with Gasteiger partial charge in [-0.25, -0.2) is 17.5 Å². The summed E-state index contributed by atoms with van der Waals surface area (Å²) in [5, 5.41) is 0.521. The minimum absolute atomic E-state index is 0.00643. The summed E-state index contributed by atoms with van der Waals surface area (Å²) >= 11 is 8.95. The van der Waals surface area contributed by atoms with Gasteiger partial charge in [0.15, 0.2) is 0 Å². The smallest absolute Gasteiger partial charge is 0.343 e. The second-order valence-electron chi connectivity index (χ2n) is 4.78. The van der Waals surface area contributed by atoms with Crippen molar-refractivity contribution in [1.29, 1.82) is 0 Å². The maximum atomic E-state index is 12.3. The van der Waals surface area contributed by atoms with Crippen molar-refractivity contribution in [2.45, 2.75) is 4.90 Å². The fraction of sp³-hybridized carbons (Fsp3) is 0.133. The lowest BCUT2D eigenvalue weighted by Crippen LogP contribution is -2.23. The largest absolute Gasteiger partial charge is 0.423 e. The minimum Gasteiger partial charge on any atom is -0.423 e. The Morgan fingerprint density at radius 3 is 2.30 bits per heavy atom. The van der Waals surface area contributed by atoms with Crippen LogP contribution >= 0.6 is 27.5 Å². The van der Waals surface area contributed by atoms with E-state index in [4.69, 9.17) is 16.3 Å². The third kappa shape index (κ3) is 4.11. The number of halogens is 2. The fourth-order valence-electron chi connectivity index (χ4n) is 1.69. The van der Waals surface area contributed by atoms with E-state index in [0.717, 1.165) is 4.31 Å². The van der Waals surface area contributed by atoms with Crippen LogP contribution in [0.15, 0.2) is 51.8 Å². The van der Waals surface area contributed by atoms with Gasteiger partial charge in [0.2, 0.25) is 10.0 Å². The number of rotatable bonds is 4. The van der Waals surface area contributed by atoms with E-state index < -0.39 is 16.0 Å². The summed E-state index contributed by atoms with van der Waals surface area (Å²) in [6.45, 7) is 0. The summed E-state index contributed by atoms with van der Waals surface area (Å²) in [6, 6.07) is 10.5. The zero-order chi connectivity index (χ0) is 17.2. The van der Waals surface area contributed by atoms with Gasteiger partial charge in [0.25, 0.3) is 0 Å². The molecule has 0 amide bonds.